The summed E-state index contributed by atoms with van der Waals surface area (Å²) in [7, 11) is 0. The van der Waals surface area contributed by atoms with Gasteiger partial charge in [0.2, 0.25) is 0 Å². The van der Waals surface area contributed by atoms with Crippen molar-refractivity contribution in [1.82, 2.24) is 0 Å². The first-order chi connectivity index (χ1) is 6.06. The molecular weight excluding hydrogens is 275 g/mol. The van der Waals surface area contributed by atoms with Gasteiger partial charge in [0.25, 0.3) is 0 Å². The van der Waals surface area contributed by atoms with Crippen LogP contribution in [0.1, 0.15) is 25.0 Å². The molecule has 0 fully saturated rings. The molecule has 13 heavy (non-hydrogen) atoms. The van der Waals surface area contributed by atoms with Crippen LogP contribution in [0.5, 0.6) is 0 Å². The van der Waals surface area contributed by atoms with Crippen LogP contribution in [-0.2, 0) is 0 Å². The fourth-order valence-electron chi connectivity index (χ4n) is 1.08. The lowest BCUT2D eigenvalue weighted by molar-refractivity contribution is 0.174. The average Bonchev–Trinajstić information content (AvgIpc) is 2.02. The van der Waals surface area contributed by atoms with Gasteiger partial charge in [0, 0.05) is 20.1 Å². The first-order valence-corrected chi connectivity index (χ1v) is 5.43. The Morgan fingerprint density at radius 2 is 1.85 bits per heavy atom. The van der Waals surface area contributed by atoms with Crippen molar-refractivity contribution in [3.8, 4) is 0 Å². The summed E-state index contributed by atoms with van der Waals surface area (Å²) in [5.74, 6) is 0. The lowest BCUT2D eigenvalue weighted by Crippen LogP contribution is -1.97. The van der Waals surface area contributed by atoms with Gasteiger partial charge in [-0.15, -0.1) is 0 Å². The van der Waals surface area contributed by atoms with Gasteiger partial charge in [0.05, 0.1) is 6.10 Å². The molecule has 1 aromatic rings. The number of aliphatic hydroxyl groups is 1. The molecule has 0 aliphatic heterocycles. The molecule has 0 amide bonds. The van der Waals surface area contributed by atoms with Gasteiger partial charge < -0.3 is 5.11 Å². The summed E-state index contributed by atoms with van der Waals surface area (Å²) >= 11 is 15.1. The summed E-state index contributed by atoms with van der Waals surface area (Å²) in [6.07, 6.45) is 0.00856. The van der Waals surface area contributed by atoms with Gasteiger partial charge in [-0.3, -0.25) is 0 Å². The van der Waals surface area contributed by atoms with Gasteiger partial charge in [-0.25, -0.2) is 0 Å². The Balaban J connectivity index is 3.20. The zero-order valence-electron chi connectivity index (χ0n) is 7.02. The molecule has 1 atom stereocenters. The van der Waals surface area contributed by atoms with Gasteiger partial charge in [-0.1, -0.05) is 46.1 Å². The predicted molar refractivity (Wildman–Crippen MR) is 59.4 cm³/mol. The van der Waals surface area contributed by atoms with Crippen LogP contribution >= 0.6 is 39.1 Å². The maximum Gasteiger partial charge on any atom is 0.0816 e. The molecule has 1 N–H and O–H groups in total. The summed E-state index contributed by atoms with van der Waals surface area (Å²) < 4.78 is 0.814. The van der Waals surface area contributed by atoms with Crippen LogP contribution in [0.4, 0.5) is 0 Å². The fourth-order valence-corrected chi connectivity index (χ4v) is 2.54. The predicted octanol–water partition coefficient (Wildman–Crippen LogP) is 4.20. The maximum atomic E-state index is 9.60. The number of rotatable bonds is 2. The molecule has 1 nitrogen and oxygen atoms in total. The minimum atomic E-state index is -0.590. The van der Waals surface area contributed by atoms with E-state index in [2.05, 4.69) is 15.9 Å². The Labute approximate surface area is 95.8 Å². The number of halogens is 3. The monoisotopic (exact) mass is 282 g/mol. The van der Waals surface area contributed by atoms with Crippen LogP contribution in [0.25, 0.3) is 0 Å². The zero-order chi connectivity index (χ0) is 10.0. The lowest BCUT2D eigenvalue weighted by Gasteiger charge is -2.12. The Bertz CT molecular complexity index is 291. The molecule has 0 saturated heterocycles. The van der Waals surface area contributed by atoms with E-state index in [-0.39, 0.29) is 0 Å². The molecule has 1 unspecified atom stereocenters. The molecule has 72 valence electrons. The highest BCUT2D eigenvalue weighted by Gasteiger charge is 2.14. The standard InChI is InChI=1S/C9H9BrCl2O/c1-2-8(13)9-6(11)3-5(10)4-7(9)12/h3-4,8,13H,2H2,1H3. The van der Waals surface area contributed by atoms with Crippen molar-refractivity contribution >= 4 is 39.1 Å². The zero-order valence-corrected chi connectivity index (χ0v) is 10.1. The average molecular weight is 284 g/mol. The van der Waals surface area contributed by atoms with Crippen LogP contribution in [0.15, 0.2) is 16.6 Å². The second kappa shape index (κ2) is 4.65. The molecule has 1 rings (SSSR count). The lowest BCUT2D eigenvalue weighted by atomic mass is 10.1. The molecule has 1 aromatic carbocycles. The summed E-state index contributed by atoms with van der Waals surface area (Å²) in [5, 5.41) is 10.6. The number of aliphatic hydroxyl groups excluding tert-OH is 1. The van der Waals surface area contributed by atoms with Crippen molar-refractivity contribution in [2.24, 2.45) is 0 Å². The molecule has 0 spiro atoms. The van der Waals surface area contributed by atoms with E-state index in [1.165, 1.54) is 0 Å². The highest BCUT2D eigenvalue weighted by atomic mass is 79.9. The summed E-state index contributed by atoms with van der Waals surface area (Å²) in [6.45, 7) is 1.87. The summed E-state index contributed by atoms with van der Waals surface area (Å²) in [6, 6.07) is 3.45. The van der Waals surface area contributed by atoms with E-state index < -0.39 is 6.10 Å². The summed E-state index contributed by atoms with van der Waals surface area (Å²) in [4.78, 5) is 0. The maximum absolute atomic E-state index is 9.60. The fraction of sp³-hybridized carbons (Fsp3) is 0.333. The van der Waals surface area contributed by atoms with E-state index >= 15 is 0 Å². The SMILES string of the molecule is CCC(O)c1c(Cl)cc(Br)cc1Cl. The van der Waals surface area contributed by atoms with E-state index in [0.29, 0.717) is 22.0 Å². The normalized spacial score (nSPS) is 13.0. The molecule has 0 radical (unpaired) electrons. The van der Waals surface area contributed by atoms with E-state index in [1.807, 2.05) is 6.92 Å². The van der Waals surface area contributed by atoms with Gasteiger partial charge in [0.1, 0.15) is 0 Å². The van der Waals surface area contributed by atoms with E-state index in [1.54, 1.807) is 12.1 Å². The molecular formula is C9H9BrCl2O. The van der Waals surface area contributed by atoms with Crippen molar-refractivity contribution in [1.29, 1.82) is 0 Å². The molecule has 0 heterocycles. The topological polar surface area (TPSA) is 20.2 Å². The van der Waals surface area contributed by atoms with E-state index in [0.717, 1.165) is 4.47 Å². The third-order valence-electron chi connectivity index (χ3n) is 1.76. The van der Waals surface area contributed by atoms with Gasteiger partial charge >= 0.3 is 0 Å². The third kappa shape index (κ3) is 2.59. The minimum Gasteiger partial charge on any atom is -0.388 e. The van der Waals surface area contributed by atoms with Crippen molar-refractivity contribution in [3.05, 3.63) is 32.2 Å². The Kier molecular flexibility index (Phi) is 4.05. The molecule has 0 aliphatic carbocycles. The number of benzene rings is 1. The number of hydrogen-bond donors (Lipinski definition) is 1. The van der Waals surface area contributed by atoms with E-state index in [9.17, 15) is 5.11 Å². The van der Waals surface area contributed by atoms with Crippen LogP contribution in [-0.4, -0.2) is 5.11 Å². The second-order valence-electron chi connectivity index (χ2n) is 2.71. The first-order valence-electron chi connectivity index (χ1n) is 3.88. The van der Waals surface area contributed by atoms with Crippen LogP contribution < -0.4 is 0 Å². The van der Waals surface area contributed by atoms with Gasteiger partial charge in [0.15, 0.2) is 0 Å². The van der Waals surface area contributed by atoms with Crippen molar-refractivity contribution in [3.63, 3.8) is 0 Å². The van der Waals surface area contributed by atoms with Crippen molar-refractivity contribution in [2.45, 2.75) is 19.4 Å². The molecule has 0 saturated carbocycles. The smallest absolute Gasteiger partial charge is 0.0816 e. The van der Waals surface area contributed by atoms with Crippen LogP contribution in [0, 0.1) is 0 Å². The van der Waals surface area contributed by atoms with Crippen LogP contribution in [0.2, 0.25) is 10.0 Å². The first kappa shape index (κ1) is 11.3. The quantitative estimate of drug-likeness (QED) is 0.862. The van der Waals surface area contributed by atoms with Gasteiger partial charge in [-0.2, -0.15) is 0 Å². The molecule has 0 aliphatic rings. The van der Waals surface area contributed by atoms with E-state index in [4.69, 9.17) is 23.2 Å². The molecule has 0 aromatic heterocycles. The highest BCUT2D eigenvalue weighted by Crippen LogP contribution is 2.34. The Morgan fingerprint density at radius 3 is 2.23 bits per heavy atom. The minimum absolute atomic E-state index is 0.494. The second-order valence-corrected chi connectivity index (χ2v) is 4.44. The molecule has 4 heteroatoms. The third-order valence-corrected chi connectivity index (χ3v) is 2.85. The summed E-state index contributed by atoms with van der Waals surface area (Å²) in [5.41, 5.74) is 0.606. The Morgan fingerprint density at radius 1 is 1.38 bits per heavy atom. The van der Waals surface area contributed by atoms with Gasteiger partial charge in [-0.05, 0) is 18.6 Å². The van der Waals surface area contributed by atoms with Crippen LogP contribution in [0.3, 0.4) is 0 Å². The van der Waals surface area contributed by atoms with Crippen molar-refractivity contribution < 1.29 is 5.11 Å². The number of hydrogen-bond acceptors (Lipinski definition) is 1. The highest BCUT2D eigenvalue weighted by molar-refractivity contribution is 9.10. The Hall–Kier alpha value is 0.240. The largest absolute Gasteiger partial charge is 0.388 e. The molecule has 0 bridgehead atoms. The van der Waals surface area contributed by atoms with Crippen molar-refractivity contribution in [2.75, 3.05) is 0 Å².